The van der Waals surface area contributed by atoms with Gasteiger partial charge in [0, 0.05) is 36.5 Å². The van der Waals surface area contributed by atoms with Crippen LogP contribution in [0.2, 0.25) is 0 Å². The molecule has 0 bridgehead atoms. The van der Waals surface area contributed by atoms with Crippen molar-refractivity contribution in [1.29, 1.82) is 0 Å². The highest BCUT2D eigenvalue weighted by Gasteiger charge is 2.73. The third-order valence-electron chi connectivity index (χ3n) is 10.2. The van der Waals surface area contributed by atoms with Crippen LogP contribution in [0.5, 0.6) is 0 Å². The van der Waals surface area contributed by atoms with Crippen LogP contribution < -0.4 is 0 Å². The number of aliphatic hydroxyl groups excluding tert-OH is 1. The summed E-state index contributed by atoms with van der Waals surface area (Å²) in [6, 6.07) is 0. The van der Waals surface area contributed by atoms with Gasteiger partial charge in [-0.15, -0.1) is 11.6 Å². The molecular weight excluding hydrogens is 603 g/mol. The minimum Gasteiger partial charge on any atom is -0.481 e. The molecule has 4 rings (SSSR count). The number of ether oxygens (including phenoxy) is 1. The van der Waals surface area contributed by atoms with Crippen LogP contribution in [-0.4, -0.2) is 79.1 Å². The van der Waals surface area contributed by atoms with Crippen molar-refractivity contribution >= 4 is 47.0 Å². The van der Waals surface area contributed by atoms with Gasteiger partial charge in [-0.2, -0.15) is 0 Å². The Bertz CT molecular complexity index is 1230. The van der Waals surface area contributed by atoms with E-state index in [1.807, 2.05) is 6.92 Å². The van der Waals surface area contributed by atoms with E-state index < -0.39 is 63.8 Å². The maximum atomic E-state index is 16.7. The number of esters is 2. The number of rotatable bonds is 10. The van der Waals surface area contributed by atoms with E-state index in [0.717, 1.165) is 5.57 Å². The first-order valence-corrected chi connectivity index (χ1v) is 15.3. The molecule has 0 radical (unpaired) electrons. The average Bonchev–Trinajstić information content (AvgIpc) is 3.15. The fourth-order valence-corrected chi connectivity index (χ4v) is 7.92. The lowest BCUT2D eigenvalue weighted by molar-refractivity contribution is -0.185. The van der Waals surface area contributed by atoms with E-state index in [0.29, 0.717) is 12.8 Å². The number of allylic oxidation sites excluding steroid dienone is 4. The summed E-state index contributed by atoms with van der Waals surface area (Å²) in [5, 5.41) is 38.4. The fraction of sp³-hybridized carbons (Fsp3) is 0.677. The lowest BCUT2D eigenvalue weighted by atomic mass is 9.45. The topological polar surface area (TPSA) is 193 Å². The number of halogens is 2. The van der Waals surface area contributed by atoms with E-state index in [2.05, 4.69) is 4.74 Å². The first-order chi connectivity index (χ1) is 20.5. The number of Topliss-reactive ketones (excluding diaryl/α,β-unsaturated/α-hetero) is 1. The Labute approximate surface area is 259 Å². The number of carboxylic acid groups (broad SMARTS) is 2. The maximum absolute atomic E-state index is 16.7. The zero-order valence-electron chi connectivity index (χ0n) is 24.9. The third-order valence-corrected chi connectivity index (χ3v) is 10.4. The number of aliphatic hydroxyl groups is 2. The summed E-state index contributed by atoms with van der Waals surface area (Å²) in [5.41, 5.74) is -4.47. The number of alkyl halides is 2. The van der Waals surface area contributed by atoms with Crippen LogP contribution in [0.3, 0.4) is 0 Å². The van der Waals surface area contributed by atoms with Crippen molar-refractivity contribution < 1.29 is 58.3 Å². The zero-order valence-corrected chi connectivity index (χ0v) is 25.6. The summed E-state index contributed by atoms with van der Waals surface area (Å²) in [6.45, 7) is 3.64. The number of hydrogen-bond acceptors (Lipinski definition) is 9. The van der Waals surface area contributed by atoms with Crippen LogP contribution in [0.1, 0.15) is 84.5 Å². The van der Waals surface area contributed by atoms with Crippen LogP contribution in [0.4, 0.5) is 4.39 Å². The molecule has 13 heteroatoms. The van der Waals surface area contributed by atoms with Crippen molar-refractivity contribution in [1.82, 2.24) is 0 Å². The monoisotopic (exact) mass is 642 g/mol. The van der Waals surface area contributed by atoms with Gasteiger partial charge in [0.25, 0.3) is 0 Å². The van der Waals surface area contributed by atoms with Gasteiger partial charge < -0.3 is 25.2 Å². The molecule has 0 aliphatic heterocycles. The quantitative estimate of drug-likeness (QED) is 0.155. The summed E-state index contributed by atoms with van der Waals surface area (Å²) in [6.07, 6.45) is 4.84. The van der Waals surface area contributed by atoms with Crippen molar-refractivity contribution in [2.75, 3.05) is 5.88 Å². The SMILES string of the molecule is C[C@]12C=CC(=O)C=C1CC[C@H]1[C@@H]3C[C@H](O)[C@](O)(C(=O)CCl)[C@@]3(C)CC[C@@]12F.O=C(O)CCCC(=O)OC(=O)CCCC(=O)O. The Balaban J connectivity index is 0.000000271. The van der Waals surface area contributed by atoms with Crippen LogP contribution in [0.15, 0.2) is 23.8 Å². The second kappa shape index (κ2) is 13.6. The van der Waals surface area contributed by atoms with Crippen molar-refractivity contribution in [2.24, 2.45) is 22.7 Å². The maximum Gasteiger partial charge on any atom is 0.313 e. The number of ketones is 2. The summed E-state index contributed by atoms with van der Waals surface area (Å²) in [4.78, 5) is 66.5. The molecule has 3 fully saturated rings. The van der Waals surface area contributed by atoms with Crippen LogP contribution in [0.25, 0.3) is 0 Å². The molecule has 11 nitrogen and oxygen atoms in total. The molecule has 0 unspecified atom stereocenters. The number of aliphatic carboxylic acids is 2. The Morgan fingerprint density at radius 3 is 2.07 bits per heavy atom. The predicted octanol–water partition coefficient (Wildman–Crippen LogP) is 3.46. The Kier molecular flexibility index (Phi) is 11.0. The molecule has 7 atom stereocenters. The van der Waals surface area contributed by atoms with Gasteiger partial charge in [0.2, 0.25) is 0 Å². The fourth-order valence-electron chi connectivity index (χ4n) is 7.72. The van der Waals surface area contributed by atoms with Crippen molar-refractivity contribution in [3.8, 4) is 0 Å². The van der Waals surface area contributed by atoms with Gasteiger partial charge in [-0.3, -0.25) is 28.8 Å². The minimum atomic E-state index is -1.93. The molecule has 0 heterocycles. The highest BCUT2D eigenvalue weighted by molar-refractivity contribution is 6.29. The van der Waals surface area contributed by atoms with Gasteiger partial charge in [0.05, 0.1) is 12.0 Å². The van der Waals surface area contributed by atoms with E-state index in [-0.39, 0.29) is 75.4 Å². The summed E-state index contributed by atoms with van der Waals surface area (Å²) >= 11 is 5.73. The Morgan fingerprint density at radius 1 is 0.977 bits per heavy atom. The lowest BCUT2D eigenvalue weighted by Crippen LogP contribution is -2.64. The molecular formula is C31H40ClFO11. The predicted molar refractivity (Wildman–Crippen MR) is 153 cm³/mol. The molecule has 0 aromatic heterocycles. The van der Waals surface area contributed by atoms with Gasteiger partial charge in [0.15, 0.2) is 17.2 Å². The standard InChI is InChI=1S/C21H26ClFO4.C10H14O7/c1-18-6-5-13(24)9-12(18)3-4-14-15-10-16(25)21(27,17(26)11-22)19(15,2)7-8-20(14,18)23;11-7(12)3-1-5-9(15)17-10(16)6-2-4-8(13)14/h5-6,9,14-16,25,27H,3-4,7-8,10-11H2,1-2H3;1-6H2,(H,11,12)(H,13,14)/t14-,15-,16-,18-,19-,20+,21-;/m0./s1. The highest BCUT2D eigenvalue weighted by Crippen LogP contribution is 2.69. The Hall–Kier alpha value is -2.96. The molecule has 44 heavy (non-hydrogen) atoms. The van der Waals surface area contributed by atoms with Gasteiger partial charge >= 0.3 is 23.9 Å². The number of fused-ring (bicyclic) bond motifs is 5. The second-order valence-corrected chi connectivity index (χ2v) is 12.8. The molecule has 4 N–H and O–H groups in total. The molecule has 3 saturated carbocycles. The summed E-state index contributed by atoms with van der Waals surface area (Å²) in [7, 11) is 0. The van der Waals surface area contributed by atoms with Gasteiger partial charge in [-0.05, 0) is 75.9 Å². The summed E-state index contributed by atoms with van der Waals surface area (Å²) in [5.74, 6) is -5.41. The zero-order chi connectivity index (χ0) is 33.1. The van der Waals surface area contributed by atoms with Crippen molar-refractivity contribution in [3.05, 3.63) is 23.8 Å². The molecule has 0 aromatic rings. The van der Waals surface area contributed by atoms with E-state index in [9.17, 15) is 39.0 Å². The van der Waals surface area contributed by atoms with Crippen LogP contribution in [-0.2, 0) is 33.5 Å². The number of carboxylic acids is 2. The number of carbonyl (C=O) groups excluding carboxylic acids is 4. The van der Waals surface area contributed by atoms with E-state index in [4.69, 9.17) is 21.8 Å². The Morgan fingerprint density at radius 2 is 1.55 bits per heavy atom. The molecule has 244 valence electrons. The summed E-state index contributed by atoms with van der Waals surface area (Å²) < 4.78 is 21.0. The molecule has 0 amide bonds. The molecule has 0 aromatic carbocycles. The molecule has 0 saturated heterocycles. The average molecular weight is 643 g/mol. The lowest BCUT2D eigenvalue weighted by Gasteiger charge is -2.60. The number of hydrogen-bond donors (Lipinski definition) is 4. The van der Waals surface area contributed by atoms with E-state index in [1.54, 1.807) is 19.1 Å². The molecule has 4 aliphatic carbocycles. The molecule has 4 aliphatic rings. The highest BCUT2D eigenvalue weighted by atomic mass is 35.5. The van der Waals surface area contributed by atoms with E-state index in [1.165, 1.54) is 6.08 Å². The van der Waals surface area contributed by atoms with Gasteiger partial charge in [-0.25, -0.2) is 4.39 Å². The normalized spacial score (nSPS) is 35.2. The van der Waals surface area contributed by atoms with Crippen molar-refractivity contribution in [3.63, 3.8) is 0 Å². The second-order valence-electron chi connectivity index (χ2n) is 12.6. The minimum absolute atomic E-state index is 0.108. The van der Waals surface area contributed by atoms with E-state index >= 15 is 4.39 Å². The third kappa shape index (κ3) is 6.53. The first kappa shape index (κ1) is 35.5. The van der Waals surface area contributed by atoms with Crippen LogP contribution in [0, 0.1) is 22.7 Å². The van der Waals surface area contributed by atoms with Gasteiger partial charge in [0.1, 0.15) is 5.67 Å². The first-order valence-electron chi connectivity index (χ1n) is 14.8. The largest absolute Gasteiger partial charge is 0.481 e. The smallest absolute Gasteiger partial charge is 0.313 e. The van der Waals surface area contributed by atoms with Crippen molar-refractivity contribution in [2.45, 2.75) is 102 Å². The number of carbonyl (C=O) groups is 6. The molecule has 0 spiro atoms. The van der Waals surface area contributed by atoms with Gasteiger partial charge in [-0.1, -0.05) is 18.6 Å². The van der Waals surface area contributed by atoms with Crippen LogP contribution >= 0.6 is 11.6 Å².